The number of ether oxygens (including phenoxy) is 1. The summed E-state index contributed by atoms with van der Waals surface area (Å²) in [6, 6.07) is 9.66. The third kappa shape index (κ3) is 2.96. The van der Waals surface area contributed by atoms with E-state index in [1.165, 1.54) is 0 Å². The Bertz CT molecular complexity index is 597. The average molecular weight is 302 g/mol. The number of carbonyl (C=O) groups is 1. The molecule has 2 nitrogen and oxygen atoms in total. The van der Waals surface area contributed by atoms with Gasteiger partial charge in [-0.25, -0.2) is 0 Å². The lowest BCUT2D eigenvalue weighted by Gasteiger charge is -2.08. The van der Waals surface area contributed by atoms with Gasteiger partial charge in [-0.2, -0.15) is 0 Å². The van der Waals surface area contributed by atoms with E-state index in [2.05, 4.69) is 0 Å². The van der Waals surface area contributed by atoms with Crippen LogP contribution in [0.1, 0.15) is 10.4 Å². The first-order chi connectivity index (χ1) is 8.60. The molecule has 0 bridgehead atoms. The van der Waals surface area contributed by atoms with E-state index >= 15 is 0 Å². The summed E-state index contributed by atoms with van der Waals surface area (Å²) in [6.07, 6.45) is 0.679. The molecule has 0 aliphatic carbocycles. The molecule has 0 saturated carbocycles. The Morgan fingerprint density at radius 2 is 1.72 bits per heavy atom. The number of rotatable bonds is 3. The van der Waals surface area contributed by atoms with Gasteiger partial charge in [-0.15, -0.1) is 0 Å². The maximum absolute atomic E-state index is 10.6. The Hall–Kier alpha value is -1.22. The van der Waals surface area contributed by atoms with Gasteiger partial charge in [-0.3, -0.25) is 4.79 Å². The SMILES string of the molecule is O=Cc1ccc(Oc2cc(Cl)ccc2Cl)cc1Cl. The molecule has 18 heavy (non-hydrogen) atoms. The summed E-state index contributed by atoms with van der Waals surface area (Å²) >= 11 is 17.7. The molecule has 92 valence electrons. The molecule has 0 heterocycles. The van der Waals surface area contributed by atoms with Gasteiger partial charge in [0.25, 0.3) is 0 Å². The molecule has 0 spiro atoms. The Kier molecular flexibility index (Phi) is 4.12. The fraction of sp³-hybridized carbons (Fsp3) is 0. The topological polar surface area (TPSA) is 26.3 Å². The summed E-state index contributed by atoms with van der Waals surface area (Å²) in [6.45, 7) is 0. The number of hydrogen-bond acceptors (Lipinski definition) is 2. The maximum atomic E-state index is 10.6. The van der Waals surface area contributed by atoms with Crippen molar-refractivity contribution in [3.8, 4) is 11.5 Å². The standard InChI is InChI=1S/C13H7Cl3O2/c14-9-2-4-11(15)13(5-9)18-10-3-1-8(7-17)12(16)6-10/h1-7H. The van der Waals surface area contributed by atoms with E-state index in [1.54, 1.807) is 36.4 Å². The Labute approximate surface area is 119 Å². The quantitative estimate of drug-likeness (QED) is 0.724. The number of halogens is 3. The minimum atomic E-state index is 0.320. The second kappa shape index (κ2) is 5.61. The molecule has 2 aromatic carbocycles. The van der Waals surface area contributed by atoms with Gasteiger partial charge >= 0.3 is 0 Å². The van der Waals surface area contributed by atoms with Crippen LogP contribution in [-0.2, 0) is 0 Å². The van der Waals surface area contributed by atoms with Crippen molar-refractivity contribution in [2.24, 2.45) is 0 Å². The van der Waals surface area contributed by atoms with E-state index in [0.29, 0.717) is 38.4 Å². The summed E-state index contributed by atoms with van der Waals surface area (Å²) in [5.41, 5.74) is 0.404. The van der Waals surface area contributed by atoms with Gasteiger partial charge in [0.1, 0.15) is 11.5 Å². The maximum Gasteiger partial charge on any atom is 0.151 e. The van der Waals surface area contributed by atoms with Crippen LogP contribution >= 0.6 is 34.8 Å². The zero-order chi connectivity index (χ0) is 13.1. The van der Waals surface area contributed by atoms with Crippen molar-refractivity contribution in [3.05, 3.63) is 57.0 Å². The molecule has 0 amide bonds. The highest BCUT2D eigenvalue weighted by atomic mass is 35.5. The fourth-order valence-electron chi connectivity index (χ4n) is 1.35. The molecule has 0 atom stereocenters. The predicted octanol–water partition coefficient (Wildman–Crippen LogP) is 5.25. The summed E-state index contributed by atoms with van der Waals surface area (Å²) < 4.78 is 5.55. The van der Waals surface area contributed by atoms with Crippen LogP contribution in [0.3, 0.4) is 0 Å². The summed E-state index contributed by atoms with van der Waals surface area (Å²) in [4.78, 5) is 10.6. The molecule has 0 aliphatic heterocycles. The van der Waals surface area contributed by atoms with Crippen LogP contribution in [0.5, 0.6) is 11.5 Å². The molecule has 5 heteroatoms. The van der Waals surface area contributed by atoms with Gasteiger partial charge in [0.2, 0.25) is 0 Å². The first-order valence-corrected chi connectivity index (χ1v) is 6.11. The number of aldehydes is 1. The third-order valence-electron chi connectivity index (χ3n) is 2.22. The minimum Gasteiger partial charge on any atom is -0.456 e. The number of benzene rings is 2. The molecule has 0 N–H and O–H groups in total. The van der Waals surface area contributed by atoms with E-state index < -0.39 is 0 Å². The monoisotopic (exact) mass is 300 g/mol. The van der Waals surface area contributed by atoms with E-state index in [-0.39, 0.29) is 0 Å². The average Bonchev–Trinajstić information content (AvgIpc) is 2.34. The Morgan fingerprint density at radius 1 is 0.944 bits per heavy atom. The number of carbonyl (C=O) groups excluding carboxylic acids is 1. The molecule has 0 unspecified atom stereocenters. The van der Waals surface area contributed by atoms with E-state index in [0.717, 1.165) is 0 Å². The largest absolute Gasteiger partial charge is 0.456 e. The lowest BCUT2D eigenvalue weighted by molar-refractivity contribution is 0.112. The Morgan fingerprint density at radius 3 is 2.39 bits per heavy atom. The molecular weight excluding hydrogens is 294 g/mol. The smallest absolute Gasteiger partial charge is 0.151 e. The third-order valence-corrected chi connectivity index (χ3v) is 3.09. The first-order valence-electron chi connectivity index (χ1n) is 4.98. The first kappa shape index (κ1) is 13.2. The van der Waals surface area contributed by atoms with Gasteiger partial charge in [0.15, 0.2) is 6.29 Å². The van der Waals surface area contributed by atoms with Gasteiger partial charge in [-0.05, 0) is 24.3 Å². The molecule has 0 radical (unpaired) electrons. The van der Waals surface area contributed by atoms with Crippen molar-refractivity contribution in [1.82, 2.24) is 0 Å². The van der Waals surface area contributed by atoms with Crippen LogP contribution in [-0.4, -0.2) is 6.29 Å². The van der Waals surface area contributed by atoms with Crippen LogP contribution in [0.25, 0.3) is 0 Å². The van der Waals surface area contributed by atoms with E-state index in [1.807, 2.05) is 0 Å². The zero-order valence-corrected chi connectivity index (χ0v) is 11.3. The highest BCUT2D eigenvalue weighted by Crippen LogP contribution is 2.33. The van der Waals surface area contributed by atoms with E-state index in [4.69, 9.17) is 39.5 Å². The molecular formula is C13H7Cl3O2. The molecule has 0 aromatic heterocycles. The van der Waals surface area contributed by atoms with Crippen LogP contribution in [0.4, 0.5) is 0 Å². The van der Waals surface area contributed by atoms with Crippen molar-refractivity contribution in [2.45, 2.75) is 0 Å². The van der Waals surface area contributed by atoms with E-state index in [9.17, 15) is 4.79 Å². The van der Waals surface area contributed by atoms with Gasteiger partial charge in [0, 0.05) is 22.7 Å². The van der Waals surface area contributed by atoms with Crippen LogP contribution in [0.2, 0.25) is 15.1 Å². The molecule has 2 aromatic rings. The highest BCUT2D eigenvalue weighted by molar-refractivity contribution is 6.34. The van der Waals surface area contributed by atoms with Crippen LogP contribution < -0.4 is 4.74 Å². The highest BCUT2D eigenvalue weighted by Gasteiger charge is 2.06. The molecule has 0 saturated heterocycles. The lowest BCUT2D eigenvalue weighted by atomic mass is 10.2. The second-order valence-corrected chi connectivity index (χ2v) is 4.73. The normalized spacial score (nSPS) is 10.2. The zero-order valence-electron chi connectivity index (χ0n) is 8.99. The van der Waals surface area contributed by atoms with Crippen molar-refractivity contribution in [1.29, 1.82) is 0 Å². The van der Waals surface area contributed by atoms with Crippen molar-refractivity contribution >= 4 is 41.1 Å². The van der Waals surface area contributed by atoms with Crippen molar-refractivity contribution in [2.75, 3.05) is 0 Å². The summed E-state index contributed by atoms with van der Waals surface area (Å²) in [5, 5.41) is 1.28. The molecule has 0 fully saturated rings. The second-order valence-electron chi connectivity index (χ2n) is 3.48. The Balaban J connectivity index is 2.31. The predicted molar refractivity (Wildman–Crippen MR) is 73.4 cm³/mol. The van der Waals surface area contributed by atoms with Crippen LogP contribution in [0.15, 0.2) is 36.4 Å². The molecule has 0 aliphatic rings. The molecule has 2 rings (SSSR count). The summed E-state index contributed by atoms with van der Waals surface area (Å²) in [5.74, 6) is 0.911. The van der Waals surface area contributed by atoms with Gasteiger partial charge < -0.3 is 4.74 Å². The van der Waals surface area contributed by atoms with Gasteiger partial charge in [0.05, 0.1) is 10.0 Å². The fourth-order valence-corrected chi connectivity index (χ4v) is 1.88. The summed E-state index contributed by atoms with van der Waals surface area (Å²) in [7, 11) is 0. The minimum absolute atomic E-state index is 0.320. The van der Waals surface area contributed by atoms with Crippen molar-refractivity contribution < 1.29 is 9.53 Å². The van der Waals surface area contributed by atoms with Crippen molar-refractivity contribution in [3.63, 3.8) is 0 Å². The van der Waals surface area contributed by atoms with Gasteiger partial charge in [-0.1, -0.05) is 34.8 Å². The van der Waals surface area contributed by atoms with Crippen LogP contribution in [0, 0.1) is 0 Å². The lowest BCUT2D eigenvalue weighted by Crippen LogP contribution is -1.88. The number of hydrogen-bond donors (Lipinski definition) is 0.